The van der Waals surface area contributed by atoms with Crippen LogP contribution in [0.3, 0.4) is 0 Å². The average molecular weight is 382 g/mol. The maximum Gasteiger partial charge on any atom is 0.238 e. The Kier molecular flexibility index (Phi) is 3.91. The smallest absolute Gasteiger partial charge is 0.238 e. The van der Waals surface area contributed by atoms with Crippen molar-refractivity contribution in [3.05, 3.63) is 28.5 Å². The number of anilines is 1. The van der Waals surface area contributed by atoms with Crippen molar-refractivity contribution in [1.82, 2.24) is 0 Å². The van der Waals surface area contributed by atoms with E-state index in [1.54, 1.807) is 13.0 Å². The second kappa shape index (κ2) is 5.13. The van der Waals surface area contributed by atoms with Crippen molar-refractivity contribution >= 4 is 51.7 Å². The summed E-state index contributed by atoms with van der Waals surface area (Å²) in [6.07, 6.45) is 0.186. The van der Waals surface area contributed by atoms with Crippen LogP contribution >= 0.6 is 34.2 Å². The van der Waals surface area contributed by atoms with E-state index in [4.69, 9.17) is 11.6 Å². The molecule has 0 aromatic heterocycles. The van der Waals surface area contributed by atoms with Gasteiger partial charge in [-0.2, -0.15) is 0 Å². The maximum absolute atomic E-state index is 13.5. The standard InChI is InChI=1S/C12H10ClFINO2/c1-6-2-8(4-9(14)11(6)13)16-10(17)3-7(5-15)12(16)18/h2,4,7H,3,5H2,1H3. The highest BCUT2D eigenvalue weighted by molar-refractivity contribution is 14.1. The Morgan fingerprint density at radius 1 is 1.50 bits per heavy atom. The van der Waals surface area contributed by atoms with Crippen molar-refractivity contribution in [1.29, 1.82) is 0 Å². The highest BCUT2D eigenvalue weighted by atomic mass is 127. The Labute approximate surface area is 122 Å². The second-order valence-electron chi connectivity index (χ2n) is 4.18. The van der Waals surface area contributed by atoms with Gasteiger partial charge < -0.3 is 0 Å². The highest BCUT2D eigenvalue weighted by Gasteiger charge is 2.39. The number of hydrogen-bond acceptors (Lipinski definition) is 2. The Balaban J connectivity index is 2.43. The zero-order chi connectivity index (χ0) is 13.4. The molecule has 1 aliphatic heterocycles. The van der Waals surface area contributed by atoms with Gasteiger partial charge in [-0.25, -0.2) is 4.39 Å². The molecule has 1 atom stereocenters. The van der Waals surface area contributed by atoms with Crippen LogP contribution < -0.4 is 4.90 Å². The summed E-state index contributed by atoms with van der Waals surface area (Å²) in [7, 11) is 0. The van der Waals surface area contributed by atoms with Crippen LogP contribution in [-0.2, 0) is 9.59 Å². The molecule has 2 amide bonds. The van der Waals surface area contributed by atoms with Gasteiger partial charge >= 0.3 is 0 Å². The van der Waals surface area contributed by atoms with Crippen LogP contribution in [0.1, 0.15) is 12.0 Å². The van der Waals surface area contributed by atoms with E-state index in [1.165, 1.54) is 0 Å². The number of imide groups is 1. The molecule has 0 bridgehead atoms. The third-order valence-corrected chi connectivity index (χ3v) is 4.42. The first kappa shape index (κ1) is 13.7. The molecule has 2 rings (SSSR count). The van der Waals surface area contributed by atoms with Crippen molar-refractivity contribution in [3.8, 4) is 0 Å². The van der Waals surface area contributed by atoms with Gasteiger partial charge in [-0.15, -0.1) is 0 Å². The summed E-state index contributed by atoms with van der Waals surface area (Å²) in [6, 6.07) is 2.68. The lowest BCUT2D eigenvalue weighted by Crippen LogP contribution is -2.30. The molecule has 1 heterocycles. The van der Waals surface area contributed by atoms with Gasteiger partial charge in [-0.3, -0.25) is 14.5 Å². The molecule has 1 aliphatic rings. The van der Waals surface area contributed by atoms with E-state index in [0.717, 1.165) is 11.0 Å². The van der Waals surface area contributed by atoms with E-state index in [1.807, 2.05) is 0 Å². The summed E-state index contributed by atoms with van der Waals surface area (Å²) in [5.41, 5.74) is 0.766. The Bertz CT molecular complexity index is 512. The van der Waals surface area contributed by atoms with E-state index in [9.17, 15) is 14.0 Å². The zero-order valence-corrected chi connectivity index (χ0v) is 12.5. The maximum atomic E-state index is 13.5. The molecule has 96 valence electrons. The molecule has 0 radical (unpaired) electrons. The lowest BCUT2D eigenvalue weighted by atomic mass is 10.1. The van der Waals surface area contributed by atoms with Crippen molar-refractivity contribution in [2.45, 2.75) is 13.3 Å². The molecule has 1 aromatic rings. The fourth-order valence-electron chi connectivity index (χ4n) is 1.92. The van der Waals surface area contributed by atoms with Gasteiger partial charge in [0.15, 0.2) is 0 Å². The molecule has 1 fully saturated rings. The highest BCUT2D eigenvalue weighted by Crippen LogP contribution is 2.31. The van der Waals surface area contributed by atoms with Crippen molar-refractivity contribution in [3.63, 3.8) is 0 Å². The predicted octanol–water partition coefficient (Wildman–Crippen LogP) is 3.10. The van der Waals surface area contributed by atoms with Gasteiger partial charge in [-0.05, 0) is 24.6 Å². The van der Waals surface area contributed by atoms with E-state index < -0.39 is 5.82 Å². The first-order valence-electron chi connectivity index (χ1n) is 5.34. The summed E-state index contributed by atoms with van der Waals surface area (Å²) >= 11 is 7.79. The molecular formula is C12H10ClFINO2. The summed E-state index contributed by atoms with van der Waals surface area (Å²) < 4.78 is 14.1. The van der Waals surface area contributed by atoms with Crippen LogP contribution in [0, 0.1) is 18.7 Å². The summed E-state index contributed by atoms with van der Waals surface area (Å²) in [5, 5.41) is 0.0169. The molecule has 6 heteroatoms. The number of amides is 2. The van der Waals surface area contributed by atoms with Crippen molar-refractivity contribution in [2.75, 3.05) is 9.33 Å². The van der Waals surface area contributed by atoms with Crippen molar-refractivity contribution < 1.29 is 14.0 Å². The number of aryl methyl sites for hydroxylation is 1. The Morgan fingerprint density at radius 3 is 2.67 bits per heavy atom. The molecule has 0 aliphatic carbocycles. The second-order valence-corrected chi connectivity index (χ2v) is 5.44. The minimum atomic E-state index is -0.620. The van der Waals surface area contributed by atoms with Gasteiger partial charge in [0, 0.05) is 10.8 Å². The van der Waals surface area contributed by atoms with Crippen LogP contribution in [0.25, 0.3) is 0 Å². The number of halogens is 3. The number of carbonyl (C=O) groups excluding carboxylic acids is 2. The topological polar surface area (TPSA) is 37.4 Å². The van der Waals surface area contributed by atoms with Crippen LogP contribution in [0.4, 0.5) is 10.1 Å². The van der Waals surface area contributed by atoms with E-state index >= 15 is 0 Å². The third kappa shape index (κ3) is 2.25. The molecule has 0 saturated carbocycles. The lowest BCUT2D eigenvalue weighted by molar-refractivity contribution is -0.122. The Morgan fingerprint density at radius 2 is 2.17 bits per heavy atom. The Hall–Kier alpha value is -0.690. The van der Waals surface area contributed by atoms with E-state index in [-0.39, 0.29) is 34.9 Å². The minimum Gasteiger partial charge on any atom is -0.274 e. The van der Waals surface area contributed by atoms with Crippen LogP contribution in [0.15, 0.2) is 12.1 Å². The van der Waals surface area contributed by atoms with Gasteiger partial charge in [0.05, 0.1) is 16.6 Å². The minimum absolute atomic E-state index is 0.0169. The molecular weight excluding hydrogens is 371 g/mol. The number of benzene rings is 1. The van der Waals surface area contributed by atoms with Gasteiger partial charge in [-0.1, -0.05) is 34.2 Å². The number of carbonyl (C=O) groups is 2. The first-order valence-corrected chi connectivity index (χ1v) is 7.24. The number of alkyl halides is 1. The van der Waals surface area contributed by atoms with Gasteiger partial charge in [0.2, 0.25) is 11.8 Å². The fourth-order valence-corrected chi connectivity index (χ4v) is 2.72. The molecule has 1 unspecified atom stereocenters. The third-order valence-electron chi connectivity index (χ3n) is 2.88. The largest absolute Gasteiger partial charge is 0.274 e. The molecule has 3 nitrogen and oxygen atoms in total. The van der Waals surface area contributed by atoms with Crippen LogP contribution in [-0.4, -0.2) is 16.2 Å². The van der Waals surface area contributed by atoms with Crippen molar-refractivity contribution in [2.24, 2.45) is 5.92 Å². The monoisotopic (exact) mass is 381 g/mol. The number of hydrogen-bond donors (Lipinski definition) is 0. The predicted molar refractivity (Wildman–Crippen MR) is 75.6 cm³/mol. The van der Waals surface area contributed by atoms with Crippen LogP contribution in [0.2, 0.25) is 5.02 Å². The first-order chi connectivity index (χ1) is 8.45. The zero-order valence-electron chi connectivity index (χ0n) is 9.54. The molecule has 1 saturated heterocycles. The van der Waals surface area contributed by atoms with E-state index in [0.29, 0.717) is 9.99 Å². The fraction of sp³-hybridized carbons (Fsp3) is 0.333. The number of nitrogens with zero attached hydrogens (tertiary/aromatic N) is 1. The summed E-state index contributed by atoms with van der Waals surface area (Å²) in [4.78, 5) is 24.9. The molecule has 0 N–H and O–H groups in total. The average Bonchev–Trinajstić information content (AvgIpc) is 2.60. The van der Waals surface area contributed by atoms with Gasteiger partial charge in [0.25, 0.3) is 0 Å². The summed E-state index contributed by atoms with van der Waals surface area (Å²) in [5.74, 6) is -1.49. The van der Waals surface area contributed by atoms with Gasteiger partial charge in [0.1, 0.15) is 5.82 Å². The molecule has 18 heavy (non-hydrogen) atoms. The molecule has 0 spiro atoms. The normalized spacial score (nSPS) is 19.8. The number of rotatable bonds is 2. The van der Waals surface area contributed by atoms with Crippen LogP contribution in [0.5, 0.6) is 0 Å². The SMILES string of the molecule is Cc1cc(N2C(=O)CC(CI)C2=O)cc(F)c1Cl. The molecule has 1 aromatic carbocycles. The lowest BCUT2D eigenvalue weighted by Gasteiger charge is -2.16. The summed E-state index contributed by atoms with van der Waals surface area (Å²) in [6.45, 7) is 1.63. The van der Waals surface area contributed by atoms with E-state index in [2.05, 4.69) is 22.6 Å². The quantitative estimate of drug-likeness (QED) is 0.448.